The number of fused-ring (bicyclic) bond motifs is 1. The van der Waals surface area contributed by atoms with Gasteiger partial charge in [-0.1, -0.05) is 30.3 Å². The van der Waals surface area contributed by atoms with Crippen molar-refractivity contribution in [1.29, 1.82) is 5.41 Å². The van der Waals surface area contributed by atoms with E-state index in [4.69, 9.17) is 5.41 Å². The molecule has 20 heavy (non-hydrogen) atoms. The second-order valence-corrected chi connectivity index (χ2v) is 6.24. The van der Waals surface area contributed by atoms with Crippen LogP contribution in [0.25, 0.3) is 11.0 Å². The lowest BCUT2D eigenvalue weighted by Crippen LogP contribution is -2.28. The van der Waals surface area contributed by atoms with E-state index in [1.807, 2.05) is 6.07 Å². The van der Waals surface area contributed by atoms with Crippen LogP contribution in [0.3, 0.4) is 0 Å². The lowest BCUT2D eigenvalue weighted by atomic mass is 10.3. The van der Waals surface area contributed by atoms with Crippen molar-refractivity contribution in [1.82, 2.24) is 8.54 Å². The van der Waals surface area contributed by atoms with E-state index < -0.39 is 10.0 Å². The maximum atomic E-state index is 12.7. The lowest BCUT2D eigenvalue weighted by Gasteiger charge is -2.06. The zero-order valence-electron chi connectivity index (χ0n) is 10.8. The number of para-hydroxylation sites is 2. The molecule has 0 aliphatic rings. The smallest absolute Gasteiger partial charge is 0.271 e. The molecule has 0 fully saturated rings. The van der Waals surface area contributed by atoms with Gasteiger partial charge >= 0.3 is 0 Å². The van der Waals surface area contributed by atoms with Gasteiger partial charge in [0.05, 0.1) is 15.9 Å². The molecule has 0 aliphatic carbocycles. The van der Waals surface area contributed by atoms with Gasteiger partial charge in [0, 0.05) is 7.05 Å². The van der Waals surface area contributed by atoms with Crippen LogP contribution in [0, 0.1) is 5.41 Å². The molecule has 1 N–H and O–H groups in total. The van der Waals surface area contributed by atoms with Crippen molar-refractivity contribution < 1.29 is 8.42 Å². The molecule has 3 aromatic rings. The number of aromatic nitrogens is 2. The Labute approximate surface area is 116 Å². The fourth-order valence-electron chi connectivity index (χ4n) is 2.23. The van der Waals surface area contributed by atoms with E-state index in [2.05, 4.69) is 0 Å². The summed E-state index contributed by atoms with van der Waals surface area (Å²) in [6, 6.07) is 15.2. The van der Waals surface area contributed by atoms with Gasteiger partial charge in [-0.25, -0.2) is 12.4 Å². The Bertz CT molecular complexity index is 937. The SMILES string of the molecule is Cn1c(=N)n(S(=O)(=O)c2ccccc2)c2ccccc21. The molecule has 1 aromatic heterocycles. The van der Waals surface area contributed by atoms with E-state index in [1.54, 1.807) is 48.0 Å². The monoisotopic (exact) mass is 287 g/mol. The Balaban J connectivity index is 2.42. The molecular formula is C14H13N3O2S. The van der Waals surface area contributed by atoms with Crippen molar-refractivity contribution in [2.75, 3.05) is 0 Å². The van der Waals surface area contributed by atoms with Gasteiger partial charge in [-0.15, -0.1) is 0 Å². The fourth-order valence-corrected chi connectivity index (χ4v) is 3.70. The minimum absolute atomic E-state index is 0.0740. The Morgan fingerprint density at radius 2 is 1.45 bits per heavy atom. The zero-order chi connectivity index (χ0) is 14.3. The average molecular weight is 287 g/mol. The zero-order valence-corrected chi connectivity index (χ0v) is 11.6. The van der Waals surface area contributed by atoms with Gasteiger partial charge in [-0.3, -0.25) is 5.41 Å². The van der Waals surface area contributed by atoms with Crippen LogP contribution >= 0.6 is 0 Å². The molecule has 0 saturated heterocycles. The highest BCUT2D eigenvalue weighted by Crippen LogP contribution is 2.18. The van der Waals surface area contributed by atoms with Gasteiger partial charge < -0.3 is 4.57 Å². The van der Waals surface area contributed by atoms with Crippen LogP contribution in [0.1, 0.15) is 0 Å². The summed E-state index contributed by atoms with van der Waals surface area (Å²) >= 11 is 0. The molecule has 0 aliphatic heterocycles. The first-order valence-corrected chi connectivity index (χ1v) is 7.49. The molecule has 0 spiro atoms. The molecule has 0 bridgehead atoms. The molecule has 5 nitrogen and oxygen atoms in total. The minimum Gasteiger partial charge on any atom is -0.313 e. The van der Waals surface area contributed by atoms with Crippen LogP contribution in [-0.4, -0.2) is 17.0 Å². The number of imidazole rings is 1. The van der Waals surface area contributed by atoms with E-state index >= 15 is 0 Å². The van der Waals surface area contributed by atoms with Crippen molar-refractivity contribution in [3.05, 3.63) is 60.2 Å². The van der Waals surface area contributed by atoms with Crippen molar-refractivity contribution in [3.8, 4) is 0 Å². The van der Waals surface area contributed by atoms with Crippen molar-refractivity contribution in [2.24, 2.45) is 7.05 Å². The summed E-state index contributed by atoms with van der Waals surface area (Å²) < 4.78 is 28.0. The van der Waals surface area contributed by atoms with E-state index in [-0.39, 0.29) is 10.5 Å². The number of nitrogens with one attached hydrogen (secondary N) is 1. The fraction of sp³-hybridized carbons (Fsp3) is 0.0714. The highest BCUT2D eigenvalue weighted by atomic mass is 32.2. The van der Waals surface area contributed by atoms with Gasteiger partial charge in [-0.05, 0) is 24.3 Å². The molecule has 0 unspecified atom stereocenters. The summed E-state index contributed by atoms with van der Waals surface area (Å²) in [6.07, 6.45) is 0. The van der Waals surface area contributed by atoms with Crippen LogP contribution < -0.4 is 5.62 Å². The van der Waals surface area contributed by atoms with Crippen LogP contribution in [0.2, 0.25) is 0 Å². The van der Waals surface area contributed by atoms with Crippen molar-refractivity contribution >= 4 is 21.1 Å². The van der Waals surface area contributed by atoms with E-state index in [9.17, 15) is 8.42 Å². The minimum atomic E-state index is -3.77. The first-order valence-electron chi connectivity index (χ1n) is 6.05. The molecule has 0 radical (unpaired) electrons. The predicted octanol–water partition coefficient (Wildman–Crippen LogP) is 1.70. The van der Waals surface area contributed by atoms with E-state index in [1.165, 1.54) is 12.1 Å². The van der Waals surface area contributed by atoms with Gasteiger partial charge in [-0.2, -0.15) is 0 Å². The summed E-state index contributed by atoms with van der Waals surface area (Å²) in [5.41, 5.74) is 1.14. The molecular weight excluding hydrogens is 274 g/mol. The molecule has 3 rings (SSSR count). The van der Waals surface area contributed by atoms with Crippen LogP contribution in [-0.2, 0) is 17.1 Å². The Morgan fingerprint density at radius 3 is 2.10 bits per heavy atom. The van der Waals surface area contributed by atoms with Gasteiger partial charge in [0.1, 0.15) is 0 Å². The Morgan fingerprint density at radius 1 is 0.900 bits per heavy atom. The molecule has 1 heterocycles. The normalized spacial score (nSPS) is 11.8. The number of aryl methyl sites for hydroxylation is 1. The molecule has 102 valence electrons. The summed E-state index contributed by atoms with van der Waals surface area (Å²) in [7, 11) is -2.08. The molecule has 0 saturated carbocycles. The van der Waals surface area contributed by atoms with Crippen molar-refractivity contribution in [2.45, 2.75) is 4.90 Å². The van der Waals surface area contributed by atoms with Gasteiger partial charge in [0.15, 0.2) is 0 Å². The summed E-state index contributed by atoms with van der Waals surface area (Å²) in [4.78, 5) is 0.176. The highest BCUT2D eigenvalue weighted by Gasteiger charge is 2.22. The first kappa shape index (κ1) is 12.7. The third-order valence-electron chi connectivity index (χ3n) is 3.25. The number of rotatable bonds is 2. The van der Waals surface area contributed by atoms with Crippen LogP contribution in [0.4, 0.5) is 0 Å². The standard InChI is InChI=1S/C14H13N3O2S/c1-16-12-9-5-6-10-13(12)17(14(16)15)20(18,19)11-7-3-2-4-8-11/h2-10,15H,1H3. The Hall–Kier alpha value is -2.34. The number of hydrogen-bond acceptors (Lipinski definition) is 3. The Kier molecular flexibility index (Phi) is 2.76. The highest BCUT2D eigenvalue weighted by molar-refractivity contribution is 7.90. The first-order chi connectivity index (χ1) is 9.53. The second-order valence-electron chi connectivity index (χ2n) is 4.45. The van der Waals surface area contributed by atoms with Crippen molar-refractivity contribution in [3.63, 3.8) is 0 Å². The number of benzene rings is 2. The topological polar surface area (TPSA) is 67.8 Å². The number of hydrogen-bond donors (Lipinski definition) is 1. The molecule has 6 heteroatoms. The van der Waals surface area contributed by atoms with Crippen LogP contribution in [0.15, 0.2) is 59.5 Å². The largest absolute Gasteiger partial charge is 0.313 e. The van der Waals surface area contributed by atoms with Gasteiger partial charge in [0.25, 0.3) is 10.0 Å². The average Bonchev–Trinajstić information content (AvgIpc) is 2.73. The second kappa shape index (κ2) is 4.35. The third-order valence-corrected chi connectivity index (χ3v) is 4.97. The van der Waals surface area contributed by atoms with Gasteiger partial charge in [0.2, 0.25) is 5.62 Å². The quantitative estimate of drug-likeness (QED) is 0.779. The molecule has 0 amide bonds. The maximum Gasteiger partial charge on any atom is 0.271 e. The van der Waals surface area contributed by atoms with E-state index in [0.717, 1.165) is 3.97 Å². The molecule has 0 atom stereocenters. The van der Waals surface area contributed by atoms with Crippen LogP contribution in [0.5, 0.6) is 0 Å². The third kappa shape index (κ3) is 1.69. The summed E-state index contributed by atoms with van der Waals surface area (Å²) in [5.74, 6) is 0. The number of nitrogens with zero attached hydrogens (tertiary/aromatic N) is 2. The van der Waals surface area contributed by atoms with E-state index in [0.29, 0.717) is 11.0 Å². The predicted molar refractivity (Wildman–Crippen MR) is 75.8 cm³/mol. The maximum absolute atomic E-state index is 12.7. The lowest BCUT2D eigenvalue weighted by molar-refractivity contribution is 0.584. The molecule has 2 aromatic carbocycles. The summed E-state index contributed by atoms with van der Waals surface area (Å²) in [5, 5.41) is 8.08. The summed E-state index contributed by atoms with van der Waals surface area (Å²) in [6.45, 7) is 0.